The van der Waals surface area contributed by atoms with E-state index in [4.69, 9.17) is 34.7 Å². The van der Waals surface area contributed by atoms with Gasteiger partial charge in [-0.25, -0.2) is 0 Å². The van der Waals surface area contributed by atoms with Crippen LogP contribution in [0.2, 0.25) is 0 Å². The van der Waals surface area contributed by atoms with E-state index in [0.717, 1.165) is 22.5 Å². The number of fused-ring (bicyclic) bond motifs is 8. The minimum Gasteiger partial charge on any atom is -0.493 e. The van der Waals surface area contributed by atoms with Crippen LogP contribution in [0.3, 0.4) is 0 Å². The summed E-state index contributed by atoms with van der Waals surface area (Å²) in [5.41, 5.74) is 12.3. The molecule has 412 valence electrons. The van der Waals surface area contributed by atoms with E-state index in [-0.39, 0.29) is 65.3 Å². The van der Waals surface area contributed by atoms with Gasteiger partial charge in [0.25, 0.3) is 11.8 Å². The summed E-state index contributed by atoms with van der Waals surface area (Å²) < 4.78 is 24.2. The Balaban J connectivity index is 0.901. The van der Waals surface area contributed by atoms with E-state index in [9.17, 15) is 28.8 Å². The van der Waals surface area contributed by atoms with Gasteiger partial charge in [0.05, 0.1) is 48.8 Å². The smallest absolute Gasteiger partial charge is 0.261 e. The average molecular weight is 1110 g/mol. The van der Waals surface area contributed by atoms with Gasteiger partial charge in [-0.05, 0) is 105 Å². The summed E-state index contributed by atoms with van der Waals surface area (Å²) in [5.74, 6) is -0.821. The van der Waals surface area contributed by atoms with Gasteiger partial charge in [0.2, 0.25) is 23.6 Å². The molecule has 0 saturated carbocycles. The highest BCUT2D eigenvalue weighted by Crippen LogP contribution is 2.44. The molecule has 18 nitrogen and oxygen atoms in total. The second kappa shape index (κ2) is 24.0. The number of anilines is 3. The van der Waals surface area contributed by atoms with Crippen molar-refractivity contribution in [3.8, 4) is 23.0 Å². The molecular formula is C59H64N8O10S2. The quantitative estimate of drug-likeness (QED) is 0.0476. The predicted molar refractivity (Wildman–Crippen MR) is 309 cm³/mol. The first kappa shape index (κ1) is 55.9. The lowest BCUT2D eigenvalue weighted by Gasteiger charge is -2.25. The first-order valence-corrected chi connectivity index (χ1v) is 28.4. The number of hydrogen-bond donors (Lipinski definition) is 4. The van der Waals surface area contributed by atoms with Crippen molar-refractivity contribution in [2.24, 2.45) is 15.7 Å². The van der Waals surface area contributed by atoms with Gasteiger partial charge >= 0.3 is 0 Å². The van der Waals surface area contributed by atoms with Crippen LogP contribution in [0.15, 0.2) is 101 Å². The van der Waals surface area contributed by atoms with Gasteiger partial charge in [-0.3, -0.25) is 48.6 Å². The van der Waals surface area contributed by atoms with E-state index >= 15 is 0 Å². The Bertz CT molecular complexity index is 3110. The van der Waals surface area contributed by atoms with Crippen molar-refractivity contribution >= 4 is 97.9 Å². The van der Waals surface area contributed by atoms with Crippen LogP contribution in [-0.2, 0) is 45.2 Å². The third-order valence-corrected chi connectivity index (χ3v) is 18.0. The van der Waals surface area contributed by atoms with Crippen molar-refractivity contribution in [3.63, 3.8) is 0 Å². The third kappa shape index (κ3) is 12.9. The second-order valence-corrected chi connectivity index (χ2v) is 24.0. The summed E-state index contributed by atoms with van der Waals surface area (Å²) in [5, 5.41) is 8.60. The number of benzene rings is 5. The number of nitrogens with one attached hydrogen (secondary N) is 3. The molecule has 20 heteroatoms. The molecular weight excluding hydrogens is 1040 g/mol. The van der Waals surface area contributed by atoms with Crippen molar-refractivity contribution in [1.82, 2.24) is 10.6 Å². The highest BCUT2D eigenvalue weighted by Gasteiger charge is 2.38. The fourth-order valence-electron chi connectivity index (χ4n) is 9.80. The molecule has 4 heterocycles. The summed E-state index contributed by atoms with van der Waals surface area (Å²) in [6.45, 7) is 9.15. The Hall–Kier alpha value is -7.84. The summed E-state index contributed by atoms with van der Waals surface area (Å²) in [6, 6.07) is 25.1. The molecule has 5 aromatic carbocycles. The Morgan fingerprint density at radius 1 is 0.684 bits per heavy atom. The molecule has 0 aliphatic carbocycles. The molecule has 0 bridgehead atoms. The highest BCUT2D eigenvalue weighted by molar-refractivity contribution is 8.77. The SMILES string of the molecule is COc1cc2c(cc1OCc1cc(COc3cc4c(cc3OC)C(=O)N3c5ccccc5C[C@H]3C=N4)cc(NC(=O)[C@@H](C)NC(=O)[C@H](C)NC(=O)CCC(C)(C)SSC(C)CCC(N)=O)c1)N=C[C@@H]1Cc3ccccc3N1C2=O. The van der Waals surface area contributed by atoms with E-state index < -0.39 is 23.9 Å². The lowest BCUT2D eigenvalue weighted by atomic mass is 10.1. The molecule has 4 aliphatic rings. The summed E-state index contributed by atoms with van der Waals surface area (Å²) in [7, 11) is 6.28. The van der Waals surface area contributed by atoms with E-state index in [2.05, 4.69) is 16.0 Å². The maximum absolute atomic E-state index is 14.1. The average Bonchev–Trinajstić information content (AvgIpc) is 4.20. The number of hydrogen-bond acceptors (Lipinski definition) is 14. The highest BCUT2D eigenvalue weighted by atomic mass is 33.1. The van der Waals surface area contributed by atoms with E-state index in [0.29, 0.717) is 94.4 Å². The standard InChI is InChI=1S/C59H64N8O10S2/c1-33(16-17-53(60)68)78-79-59(4,5)19-18-54(69)63-34(2)55(70)64-35(3)56(71)65-40-21-36(31-76-51-27-45-43(25-49(51)74-6)57(72)66-41(29-61-45)23-38-12-8-10-14-47(38)66)20-37(22-40)32-77-52-28-46-44(26-50(52)75-7)58(73)67-42(30-62-46)24-39-13-9-11-15-48(39)67/h8-15,20-22,25-30,33-35,41-42H,16-19,23-24,31-32H2,1-7H3,(H2,60,68)(H,63,69)(H,64,70)(H,65,71)/t33?,34-,35+,41-,42-/m0/s1. The van der Waals surface area contributed by atoms with Gasteiger partial charge in [-0.2, -0.15) is 0 Å². The molecule has 79 heavy (non-hydrogen) atoms. The molecule has 0 saturated heterocycles. The molecule has 0 fully saturated rings. The molecule has 4 aliphatic heterocycles. The van der Waals surface area contributed by atoms with Gasteiger partial charge in [0.15, 0.2) is 23.0 Å². The number of nitrogens with two attached hydrogens (primary N) is 1. The summed E-state index contributed by atoms with van der Waals surface area (Å²) in [6.07, 6.45) is 6.56. The van der Waals surface area contributed by atoms with E-state index in [1.807, 2.05) is 75.4 Å². The van der Waals surface area contributed by atoms with Crippen molar-refractivity contribution in [2.45, 2.75) is 121 Å². The largest absolute Gasteiger partial charge is 0.493 e. The van der Waals surface area contributed by atoms with E-state index in [1.54, 1.807) is 94.1 Å². The maximum Gasteiger partial charge on any atom is 0.261 e. The van der Waals surface area contributed by atoms with Crippen LogP contribution in [-0.4, -0.2) is 96.3 Å². The molecule has 9 rings (SSSR count). The lowest BCUT2D eigenvalue weighted by molar-refractivity contribution is -0.130. The Morgan fingerprint density at radius 2 is 1.19 bits per heavy atom. The molecule has 0 radical (unpaired) electrons. The second-order valence-electron chi connectivity index (χ2n) is 20.6. The number of aliphatic imine (C=N–C) groups is 2. The number of carbonyl (C=O) groups is 6. The number of amides is 6. The van der Waals surface area contributed by atoms with Crippen molar-refractivity contribution < 1.29 is 47.7 Å². The molecule has 6 amide bonds. The lowest BCUT2D eigenvalue weighted by Crippen LogP contribution is -2.50. The fourth-order valence-corrected chi connectivity index (χ4v) is 12.4. The van der Waals surface area contributed by atoms with E-state index in [1.165, 1.54) is 14.2 Å². The number of methoxy groups -OCH3 is 2. The van der Waals surface area contributed by atoms with Crippen LogP contribution in [0.25, 0.3) is 0 Å². The number of ether oxygens (including phenoxy) is 4. The first-order chi connectivity index (χ1) is 37.9. The van der Waals surface area contributed by atoms with Crippen molar-refractivity contribution in [1.29, 1.82) is 0 Å². The van der Waals surface area contributed by atoms with Crippen LogP contribution >= 0.6 is 21.6 Å². The summed E-state index contributed by atoms with van der Waals surface area (Å²) >= 11 is 0. The van der Waals surface area contributed by atoms with Crippen molar-refractivity contribution in [2.75, 3.05) is 29.3 Å². The van der Waals surface area contributed by atoms with Gasteiger partial charge < -0.3 is 40.6 Å². The van der Waals surface area contributed by atoms with Crippen LogP contribution in [0.5, 0.6) is 23.0 Å². The zero-order chi connectivity index (χ0) is 56.1. The zero-order valence-corrected chi connectivity index (χ0v) is 46.8. The molecule has 5 aromatic rings. The molecule has 0 aromatic heterocycles. The maximum atomic E-state index is 14.1. The zero-order valence-electron chi connectivity index (χ0n) is 45.1. The van der Waals surface area contributed by atoms with Crippen molar-refractivity contribution in [3.05, 3.63) is 124 Å². The van der Waals surface area contributed by atoms with Gasteiger partial charge in [-0.1, -0.05) is 64.9 Å². The molecule has 5 atom stereocenters. The molecule has 0 spiro atoms. The third-order valence-electron chi connectivity index (χ3n) is 14.1. The van der Waals surface area contributed by atoms with Gasteiger partial charge in [-0.15, -0.1) is 0 Å². The Kier molecular flexibility index (Phi) is 17.0. The minimum atomic E-state index is -1.02. The topological polar surface area (TPSA) is 233 Å². The Morgan fingerprint density at radius 3 is 1.70 bits per heavy atom. The number of rotatable bonds is 22. The Labute approximate surface area is 467 Å². The van der Waals surface area contributed by atoms with Crippen LogP contribution in [0.1, 0.15) is 103 Å². The molecule has 5 N–H and O–H groups in total. The van der Waals surface area contributed by atoms with Gasteiger partial charge in [0.1, 0.15) is 25.3 Å². The predicted octanol–water partition coefficient (Wildman–Crippen LogP) is 8.98. The normalized spacial score (nSPS) is 16.8. The van der Waals surface area contributed by atoms with Crippen LogP contribution in [0.4, 0.5) is 28.4 Å². The fraction of sp³-hybridized carbons (Fsp3) is 0.356. The van der Waals surface area contributed by atoms with Crippen LogP contribution < -0.4 is 50.4 Å². The number of carbonyl (C=O) groups excluding carboxylic acids is 6. The number of primary amides is 1. The minimum absolute atomic E-state index is 0.0281. The first-order valence-electron chi connectivity index (χ1n) is 26.2. The number of para-hydroxylation sites is 2. The number of nitrogens with zero attached hydrogens (tertiary/aromatic N) is 4. The van der Waals surface area contributed by atoms with Crippen LogP contribution in [0, 0.1) is 0 Å². The van der Waals surface area contributed by atoms with Gasteiger partial charge in [0, 0.05) is 77.3 Å². The molecule has 1 unspecified atom stereocenters. The monoisotopic (exact) mass is 1110 g/mol. The summed E-state index contributed by atoms with van der Waals surface area (Å²) in [4.78, 5) is 92.7.